The van der Waals surface area contributed by atoms with Crippen molar-refractivity contribution in [2.24, 2.45) is 5.92 Å². The van der Waals surface area contributed by atoms with Crippen molar-refractivity contribution in [3.05, 3.63) is 54.1 Å². The largest absolute Gasteiger partial charge is 0.481 e. The fraction of sp³-hybridized carbons (Fsp3) is 0.300. The molecule has 0 unspecified atom stereocenters. The van der Waals surface area contributed by atoms with Crippen LogP contribution in [0.3, 0.4) is 0 Å². The highest BCUT2D eigenvalue weighted by Gasteiger charge is 2.26. The van der Waals surface area contributed by atoms with Gasteiger partial charge in [-0.15, -0.1) is 0 Å². The van der Waals surface area contributed by atoms with Gasteiger partial charge in [0.15, 0.2) is 0 Å². The lowest BCUT2D eigenvalue weighted by Gasteiger charge is -2.31. The average Bonchev–Trinajstić information content (AvgIpc) is 2.73. The Hall–Kier alpha value is -3.29. The molecule has 0 atom stereocenters. The van der Waals surface area contributed by atoms with Crippen LogP contribution >= 0.6 is 0 Å². The number of benzene rings is 1. The van der Waals surface area contributed by atoms with Crippen LogP contribution in [0.25, 0.3) is 10.9 Å². The van der Waals surface area contributed by atoms with Crippen LogP contribution in [0.4, 0.5) is 16.2 Å². The number of nitrogens with zero attached hydrogens (tertiary/aromatic N) is 4. The number of carboxylic acids is 1. The molecule has 28 heavy (non-hydrogen) atoms. The van der Waals surface area contributed by atoms with Gasteiger partial charge in [-0.05, 0) is 36.6 Å². The van der Waals surface area contributed by atoms with Crippen molar-refractivity contribution >= 4 is 28.6 Å². The summed E-state index contributed by atoms with van der Waals surface area (Å²) in [4.78, 5) is 26.6. The van der Waals surface area contributed by atoms with Crippen LogP contribution in [0.2, 0.25) is 0 Å². The smallest absolute Gasteiger partial charge is 0.306 e. The minimum Gasteiger partial charge on any atom is -0.481 e. The molecule has 7 nitrogen and oxygen atoms in total. The number of aromatic nitrogens is 3. The van der Waals surface area contributed by atoms with Crippen LogP contribution in [0.1, 0.15) is 18.4 Å². The normalized spacial score (nSPS) is 15.0. The number of hydrogen-bond donors (Lipinski definition) is 2. The SMILES string of the molecule is O=C(O)C1CCN(c2nccc3nc(NCc4ccc(F)cc4)ncc23)CC1. The molecule has 144 valence electrons. The van der Waals surface area contributed by atoms with Crippen molar-refractivity contribution in [2.45, 2.75) is 19.4 Å². The van der Waals surface area contributed by atoms with Gasteiger partial charge in [0.25, 0.3) is 0 Å². The highest BCUT2D eigenvalue weighted by molar-refractivity contribution is 5.89. The predicted molar refractivity (Wildman–Crippen MR) is 104 cm³/mol. The number of carbonyl (C=O) groups is 1. The fourth-order valence-electron chi connectivity index (χ4n) is 3.40. The van der Waals surface area contributed by atoms with Gasteiger partial charge >= 0.3 is 5.97 Å². The molecule has 3 heterocycles. The monoisotopic (exact) mass is 381 g/mol. The van der Waals surface area contributed by atoms with Gasteiger partial charge in [0, 0.05) is 32.0 Å². The standard InChI is InChI=1S/C20H20FN5O2/c21-15-3-1-13(2-4-15)11-23-20-24-12-16-17(25-20)5-8-22-18(16)26-9-6-14(7-10-26)19(27)28/h1-5,8,12,14H,6-7,9-11H2,(H,27,28)(H,23,24,25). The van der Waals surface area contributed by atoms with E-state index in [0.717, 1.165) is 22.3 Å². The van der Waals surface area contributed by atoms with Crippen LogP contribution in [-0.2, 0) is 11.3 Å². The molecule has 1 saturated heterocycles. The van der Waals surface area contributed by atoms with Crippen LogP contribution < -0.4 is 10.2 Å². The van der Waals surface area contributed by atoms with Gasteiger partial charge in [-0.2, -0.15) is 0 Å². The first-order valence-corrected chi connectivity index (χ1v) is 9.18. The lowest BCUT2D eigenvalue weighted by molar-refractivity contribution is -0.142. The van der Waals surface area contributed by atoms with Gasteiger partial charge in [-0.25, -0.2) is 19.3 Å². The Labute approximate surface area is 161 Å². The average molecular weight is 381 g/mol. The van der Waals surface area contributed by atoms with Gasteiger partial charge in [-0.1, -0.05) is 12.1 Å². The Morgan fingerprint density at radius 3 is 2.64 bits per heavy atom. The molecule has 4 rings (SSSR count). The summed E-state index contributed by atoms with van der Waals surface area (Å²) in [6.07, 6.45) is 4.65. The lowest BCUT2D eigenvalue weighted by atomic mass is 9.97. The molecule has 0 spiro atoms. The van der Waals surface area contributed by atoms with Crippen molar-refractivity contribution in [2.75, 3.05) is 23.3 Å². The molecule has 0 bridgehead atoms. The zero-order valence-corrected chi connectivity index (χ0v) is 15.2. The third kappa shape index (κ3) is 3.85. The van der Waals surface area contributed by atoms with Gasteiger partial charge in [0.1, 0.15) is 11.6 Å². The van der Waals surface area contributed by atoms with Crippen LogP contribution in [-0.4, -0.2) is 39.1 Å². The second kappa shape index (κ2) is 7.75. The van der Waals surface area contributed by atoms with Gasteiger partial charge in [-0.3, -0.25) is 4.79 Å². The summed E-state index contributed by atoms with van der Waals surface area (Å²) >= 11 is 0. The van der Waals surface area contributed by atoms with Gasteiger partial charge in [0.2, 0.25) is 5.95 Å². The molecule has 1 fully saturated rings. The van der Waals surface area contributed by atoms with Crippen molar-refractivity contribution in [3.8, 4) is 0 Å². The van der Waals surface area contributed by atoms with E-state index < -0.39 is 5.97 Å². The van der Waals surface area contributed by atoms with E-state index in [1.165, 1.54) is 12.1 Å². The summed E-state index contributed by atoms with van der Waals surface area (Å²) in [6.45, 7) is 1.79. The van der Waals surface area contributed by atoms with Gasteiger partial charge < -0.3 is 15.3 Å². The Balaban J connectivity index is 1.50. The Morgan fingerprint density at radius 1 is 1.18 bits per heavy atom. The van der Waals surface area contributed by atoms with E-state index in [9.17, 15) is 9.18 Å². The zero-order chi connectivity index (χ0) is 19.5. The molecular formula is C20H20FN5O2. The van der Waals surface area contributed by atoms with Crippen LogP contribution in [0.15, 0.2) is 42.7 Å². The molecule has 3 aromatic rings. The summed E-state index contributed by atoms with van der Waals surface area (Å²) in [5, 5.41) is 13.1. The molecule has 1 aliphatic heterocycles. The molecule has 0 saturated carbocycles. The number of nitrogens with one attached hydrogen (secondary N) is 1. The number of aliphatic carboxylic acids is 1. The highest BCUT2D eigenvalue weighted by atomic mass is 19.1. The predicted octanol–water partition coefficient (Wildman–Crippen LogP) is 3.08. The molecule has 0 radical (unpaired) electrons. The fourth-order valence-corrected chi connectivity index (χ4v) is 3.40. The number of piperidine rings is 1. The Kier molecular flexibility index (Phi) is 5.01. The van der Waals surface area contributed by atoms with Gasteiger partial charge in [0.05, 0.1) is 16.8 Å². The van der Waals surface area contributed by atoms with Crippen molar-refractivity contribution < 1.29 is 14.3 Å². The van der Waals surface area contributed by atoms with E-state index in [2.05, 4.69) is 25.2 Å². The first-order valence-electron chi connectivity index (χ1n) is 9.18. The molecule has 0 aliphatic carbocycles. The van der Waals surface area contributed by atoms with Crippen molar-refractivity contribution in [1.82, 2.24) is 15.0 Å². The van der Waals surface area contributed by atoms with Crippen LogP contribution in [0.5, 0.6) is 0 Å². The first-order chi connectivity index (χ1) is 13.6. The summed E-state index contributed by atoms with van der Waals surface area (Å²) < 4.78 is 13.0. The number of hydrogen-bond acceptors (Lipinski definition) is 6. The topological polar surface area (TPSA) is 91.2 Å². The van der Waals surface area contributed by atoms with E-state index in [4.69, 9.17) is 5.11 Å². The molecule has 1 aliphatic rings. The molecule has 2 N–H and O–H groups in total. The maximum atomic E-state index is 13.0. The summed E-state index contributed by atoms with van der Waals surface area (Å²) in [5.74, 6) is -0.0152. The minimum absolute atomic E-state index is 0.266. The molecular weight excluding hydrogens is 361 g/mol. The summed E-state index contributed by atoms with van der Waals surface area (Å²) in [5.41, 5.74) is 1.70. The molecule has 2 aromatic heterocycles. The molecule has 0 amide bonds. The van der Waals surface area contributed by atoms with E-state index in [1.807, 2.05) is 6.07 Å². The zero-order valence-electron chi connectivity index (χ0n) is 15.2. The number of carboxylic acid groups (broad SMARTS) is 1. The maximum absolute atomic E-state index is 13.0. The van der Waals surface area contributed by atoms with Crippen molar-refractivity contribution in [3.63, 3.8) is 0 Å². The minimum atomic E-state index is -0.731. The quantitative estimate of drug-likeness (QED) is 0.702. The summed E-state index contributed by atoms with van der Waals surface area (Å²) in [6, 6.07) is 8.10. The van der Waals surface area contributed by atoms with Crippen LogP contribution in [0, 0.1) is 11.7 Å². The second-order valence-corrected chi connectivity index (χ2v) is 6.84. The Morgan fingerprint density at radius 2 is 1.93 bits per heavy atom. The molecule has 1 aromatic carbocycles. The maximum Gasteiger partial charge on any atom is 0.306 e. The van der Waals surface area contributed by atoms with E-state index in [1.54, 1.807) is 24.5 Å². The van der Waals surface area contributed by atoms with E-state index in [-0.39, 0.29) is 11.7 Å². The lowest BCUT2D eigenvalue weighted by Crippen LogP contribution is -2.36. The number of fused-ring (bicyclic) bond motifs is 1. The summed E-state index contributed by atoms with van der Waals surface area (Å²) in [7, 11) is 0. The third-order valence-electron chi connectivity index (χ3n) is 5.00. The Bertz CT molecular complexity index is 988. The van der Waals surface area contributed by atoms with E-state index >= 15 is 0 Å². The number of anilines is 2. The second-order valence-electron chi connectivity index (χ2n) is 6.84. The number of rotatable bonds is 5. The third-order valence-corrected chi connectivity index (χ3v) is 5.00. The number of pyridine rings is 1. The first kappa shape index (κ1) is 18.1. The van der Waals surface area contributed by atoms with E-state index in [0.29, 0.717) is 38.4 Å². The molecule has 8 heteroatoms. The van der Waals surface area contributed by atoms with Crippen molar-refractivity contribution in [1.29, 1.82) is 0 Å². The highest BCUT2D eigenvalue weighted by Crippen LogP contribution is 2.27. The number of halogens is 1.